The van der Waals surface area contributed by atoms with E-state index in [4.69, 9.17) is 11.6 Å². The summed E-state index contributed by atoms with van der Waals surface area (Å²) in [5.74, 6) is -1.19. The summed E-state index contributed by atoms with van der Waals surface area (Å²) < 4.78 is 12.9. The topological polar surface area (TPSA) is 72.2 Å². The van der Waals surface area contributed by atoms with Crippen LogP contribution >= 0.6 is 11.6 Å². The molecule has 0 radical (unpaired) electrons. The molecule has 1 aromatic carbocycles. The average molecular weight is 275 g/mol. The lowest BCUT2D eigenvalue weighted by molar-refractivity contribution is -0.385. The Bertz CT molecular complexity index is 464. The van der Waals surface area contributed by atoms with Crippen LogP contribution in [-0.4, -0.2) is 22.8 Å². The maximum atomic E-state index is 12.9. The van der Waals surface area contributed by atoms with Crippen LogP contribution in [0.25, 0.3) is 0 Å². The second kappa shape index (κ2) is 6.30. The molecule has 0 aliphatic heterocycles. The van der Waals surface area contributed by atoms with Gasteiger partial charge in [-0.25, -0.2) is 4.39 Å². The van der Waals surface area contributed by atoms with Gasteiger partial charge in [-0.15, -0.1) is 11.6 Å². The van der Waals surface area contributed by atoms with Crippen molar-refractivity contribution in [2.75, 3.05) is 5.88 Å². The van der Waals surface area contributed by atoms with Crippen molar-refractivity contribution in [2.24, 2.45) is 0 Å². The Morgan fingerprint density at radius 3 is 2.78 bits per heavy atom. The summed E-state index contributed by atoms with van der Waals surface area (Å²) in [4.78, 5) is 21.8. The van der Waals surface area contributed by atoms with E-state index in [2.05, 4.69) is 5.32 Å². The molecule has 1 N–H and O–H groups in total. The largest absolute Gasteiger partial charge is 0.348 e. The first kappa shape index (κ1) is 14.4. The van der Waals surface area contributed by atoms with Gasteiger partial charge >= 0.3 is 0 Å². The van der Waals surface area contributed by atoms with E-state index in [-0.39, 0.29) is 17.5 Å². The fourth-order valence-corrected chi connectivity index (χ4v) is 1.66. The molecule has 0 aliphatic carbocycles. The number of carbonyl (C=O) groups is 1. The minimum absolute atomic E-state index is 0.176. The van der Waals surface area contributed by atoms with E-state index in [1.807, 2.05) is 6.92 Å². The third-order valence-electron chi connectivity index (χ3n) is 2.42. The van der Waals surface area contributed by atoms with Gasteiger partial charge in [0, 0.05) is 11.9 Å². The number of nitro benzene ring substituents is 1. The van der Waals surface area contributed by atoms with Crippen LogP contribution in [0.5, 0.6) is 0 Å². The van der Waals surface area contributed by atoms with E-state index in [1.165, 1.54) is 0 Å². The van der Waals surface area contributed by atoms with Crippen LogP contribution in [0.2, 0.25) is 0 Å². The monoisotopic (exact) mass is 274 g/mol. The van der Waals surface area contributed by atoms with Crippen molar-refractivity contribution >= 4 is 23.2 Å². The van der Waals surface area contributed by atoms with Gasteiger partial charge in [0.05, 0.1) is 11.0 Å². The normalized spacial score (nSPS) is 11.9. The third-order valence-corrected chi connectivity index (χ3v) is 2.79. The van der Waals surface area contributed by atoms with Gasteiger partial charge in [-0.2, -0.15) is 0 Å². The molecule has 1 rings (SSSR count). The Morgan fingerprint density at radius 2 is 2.28 bits per heavy atom. The molecular weight excluding hydrogens is 263 g/mol. The Hall–Kier alpha value is -1.69. The van der Waals surface area contributed by atoms with Gasteiger partial charge in [-0.3, -0.25) is 14.9 Å². The maximum absolute atomic E-state index is 12.9. The number of nitrogens with one attached hydrogen (secondary N) is 1. The zero-order valence-electron chi connectivity index (χ0n) is 9.65. The number of amides is 1. The summed E-state index contributed by atoms with van der Waals surface area (Å²) in [7, 11) is 0. The van der Waals surface area contributed by atoms with Crippen molar-refractivity contribution in [3.63, 3.8) is 0 Å². The molecule has 98 valence electrons. The third kappa shape index (κ3) is 3.40. The molecule has 0 saturated heterocycles. The summed E-state index contributed by atoms with van der Waals surface area (Å²) in [5, 5.41) is 13.3. The van der Waals surface area contributed by atoms with Crippen LogP contribution in [0.4, 0.5) is 10.1 Å². The predicted molar refractivity (Wildman–Crippen MR) is 65.3 cm³/mol. The first-order valence-electron chi connectivity index (χ1n) is 5.30. The molecule has 1 aromatic rings. The van der Waals surface area contributed by atoms with Crippen molar-refractivity contribution in [1.29, 1.82) is 0 Å². The summed E-state index contributed by atoms with van der Waals surface area (Å²) in [6.45, 7) is 1.83. The average Bonchev–Trinajstić information content (AvgIpc) is 2.35. The lowest BCUT2D eigenvalue weighted by Gasteiger charge is -2.13. The summed E-state index contributed by atoms with van der Waals surface area (Å²) in [6.07, 6.45) is 0.601. The number of nitrogens with zero attached hydrogens (tertiary/aromatic N) is 1. The Labute approximate surface area is 108 Å². The van der Waals surface area contributed by atoms with E-state index >= 15 is 0 Å². The zero-order valence-corrected chi connectivity index (χ0v) is 10.4. The van der Waals surface area contributed by atoms with Gasteiger partial charge in [-0.1, -0.05) is 6.92 Å². The molecule has 7 heteroatoms. The van der Waals surface area contributed by atoms with Gasteiger partial charge in [0.2, 0.25) is 0 Å². The molecule has 0 aromatic heterocycles. The second-order valence-corrected chi connectivity index (χ2v) is 3.96. The molecule has 0 bridgehead atoms. The number of halogens is 2. The Balaban J connectivity index is 3.02. The molecule has 1 amide bonds. The van der Waals surface area contributed by atoms with Crippen molar-refractivity contribution in [1.82, 2.24) is 5.32 Å². The Kier molecular flexibility index (Phi) is 5.03. The minimum Gasteiger partial charge on any atom is -0.348 e. The molecule has 1 atom stereocenters. The van der Waals surface area contributed by atoms with E-state index in [0.29, 0.717) is 6.42 Å². The number of nitro groups is 1. The number of benzene rings is 1. The highest BCUT2D eigenvalue weighted by atomic mass is 35.5. The number of rotatable bonds is 5. The van der Waals surface area contributed by atoms with Crippen molar-refractivity contribution < 1.29 is 14.1 Å². The van der Waals surface area contributed by atoms with Crippen LogP contribution < -0.4 is 5.32 Å². The number of hydrogen-bond donors (Lipinski definition) is 1. The quantitative estimate of drug-likeness (QED) is 0.509. The van der Waals surface area contributed by atoms with E-state index in [1.54, 1.807) is 0 Å². The van der Waals surface area contributed by atoms with E-state index < -0.39 is 22.3 Å². The highest BCUT2D eigenvalue weighted by Crippen LogP contribution is 2.19. The summed E-state index contributed by atoms with van der Waals surface area (Å²) >= 11 is 5.62. The number of hydrogen-bond acceptors (Lipinski definition) is 3. The molecule has 0 heterocycles. The minimum atomic E-state index is -0.792. The highest BCUT2D eigenvalue weighted by molar-refractivity contribution is 6.18. The van der Waals surface area contributed by atoms with Crippen molar-refractivity contribution in [3.05, 3.63) is 39.7 Å². The van der Waals surface area contributed by atoms with Crippen molar-refractivity contribution in [3.8, 4) is 0 Å². The zero-order chi connectivity index (χ0) is 13.7. The lowest BCUT2D eigenvalue weighted by Crippen LogP contribution is -2.35. The van der Waals surface area contributed by atoms with Gasteiger partial charge in [0.15, 0.2) is 0 Å². The smallest absolute Gasteiger partial charge is 0.285 e. The van der Waals surface area contributed by atoms with Crippen LogP contribution in [0.3, 0.4) is 0 Å². The fourth-order valence-electron chi connectivity index (χ4n) is 1.36. The van der Waals surface area contributed by atoms with E-state index in [0.717, 1.165) is 18.2 Å². The lowest BCUT2D eigenvalue weighted by atomic mass is 10.1. The number of alkyl halides is 1. The second-order valence-electron chi connectivity index (χ2n) is 3.65. The fraction of sp³-hybridized carbons (Fsp3) is 0.364. The highest BCUT2D eigenvalue weighted by Gasteiger charge is 2.22. The van der Waals surface area contributed by atoms with Crippen LogP contribution in [0.15, 0.2) is 18.2 Å². The molecule has 1 unspecified atom stereocenters. The van der Waals surface area contributed by atoms with Gasteiger partial charge in [0.1, 0.15) is 11.4 Å². The summed E-state index contributed by atoms with van der Waals surface area (Å²) in [6, 6.07) is 2.54. The van der Waals surface area contributed by atoms with Crippen LogP contribution in [0.1, 0.15) is 23.7 Å². The molecule has 18 heavy (non-hydrogen) atoms. The first-order valence-corrected chi connectivity index (χ1v) is 5.83. The van der Waals surface area contributed by atoms with E-state index in [9.17, 15) is 19.3 Å². The molecule has 0 spiro atoms. The molecule has 0 saturated carbocycles. The predicted octanol–water partition coefficient (Wildman–Crippen LogP) is 2.48. The first-order chi connectivity index (χ1) is 8.49. The van der Waals surface area contributed by atoms with Crippen molar-refractivity contribution in [2.45, 2.75) is 19.4 Å². The standard InChI is InChI=1S/C11H12ClFN2O3/c1-2-8(6-12)14-11(16)9-4-3-7(13)5-10(9)15(17)18/h3-5,8H,2,6H2,1H3,(H,14,16). The maximum Gasteiger partial charge on any atom is 0.285 e. The number of carbonyl (C=O) groups excluding carboxylic acids is 1. The molecule has 0 fully saturated rings. The molecular formula is C11H12ClFN2O3. The SMILES string of the molecule is CCC(CCl)NC(=O)c1ccc(F)cc1[N+](=O)[O-]. The molecule has 0 aliphatic rings. The van der Waals surface area contributed by atoms with Gasteiger partial charge < -0.3 is 5.32 Å². The summed E-state index contributed by atoms with van der Waals surface area (Å²) in [5.41, 5.74) is -0.734. The van der Waals surface area contributed by atoms with Gasteiger partial charge in [0.25, 0.3) is 11.6 Å². The van der Waals surface area contributed by atoms with Crippen LogP contribution in [0, 0.1) is 15.9 Å². The molecule has 5 nitrogen and oxygen atoms in total. The Morgan fingerprint density at radius 1 is 1.61 bits per heavy atom. The van der Waals surface area contributed by atoms with Crippen LogP contribution in [-0.2, 0) is 0 Å². The van der Waals surface area contributed by atoms with Gasteiger partial charge in [-0.05, 0) is 18.6 Å².